The number of nitrogens with one attached hydrogen (secondary N) is 1. The molecule has 1 saturated heterocycles. The van der Waals surface area contributed by atoms with Gasteiger partial charge >= 0.3 is 0 Å². The number of nitrogens with zero attached hydrogens (tertiary/aromatic N) is 3. The molecule has 22 heavy (non-hydrogen) atoms. The minimum Gasteiger partial charge on any atom is -0.348 e. The Labute approximate surface area is 134 Å². The first-order valence-electron chi connectivity index (χ1n) is 7.54. The molecule has 5 nitrogen and oxygen atoms in total. The second-order valence-electron chi connectivity index (χ2n) is 5.65. The molecular weight excluding hydrogens is 296 g/mol. The second kappa shape index (κ2) is 6.98. The Morgan fingerprint density at radius 2 is 2.27 bits per heavy atom. The number of aromatic nitrogens is 2. The summed E-state index contributed by atoms with van der Waals surface area (Å²) in [4.78, 5) is 23.6. The van der Waals surface area contributed by atoms with Gasteiger partial charge in [0.25, 0.3) is 5.91 Å². The number of carbonyl (C=O) groups excluding carboxylic acids is 1. The minimum atomic E-state index is 0.0192. The summed E-state index contributed by atoms with van der Waals surface area (Å²) >= 11 is 1.41. The summed E-state index contributed by atoms with van der Waals surface area (Å²) in [5, 5.41) is 3.14. The van der Waals surface area contributed by atoms with Crippen molar-refractivity contribution >= 4 is 17.2 Å². The van der Waals surface area contributed by atoms with E-state index in [2.05, 4.69) is 26.3 Å². The van der Waals surface area contributed by atoms with E-state index in [4.69, 9.17) is 0 Å². The van der Waals surface area contributed by atoms with Crippen molar-refractivity contribution in [3.8, 4) is 0 Å². The van der Waals surface area contributed by atoms with Gasteiger partial charge in [-0.15, -0.1) is 11.3 Å². The number of hydrogen-bond acceptors (Lipinski definition) is 5. The van der Waals surface area contributed by atoms with E-state index in [1.54, 1.807) is 11.7 Å². The summed E-state index contributed by atoms with van der Waals surface area (Å²) in [6.45, 7) is 4.81. The molecule has 0 saturated carbocycles. The van der Waals surface area contributed by atoms with Gasteiger partial charge in [-0.3, -0.25) is 14.7 Å². The van der Waals surface area contributed by atoms with Gasteiger partial charge in [0.2, 0.25) is 0 Å². The highest BCUT2D eigenvalue weighted by molar-refractivity contribution is 7.11. The number of piperidine rings is 1. The summed E-state index contributed by atoms with van der Waals surface area (Å²) in [6, 6.07) is 4.34. The van der Waals surface area contributed by atoms with E-state index >= 15 is 0 Å². The Hall–Kier alpha value is -1.79. The molecule has 0 spiro atoms. The van der Waals surface area contributed by atoms with Gasteiger partial charge in [-0.1, -0.05) is 6.07 Å². The zero-order valence-corrected chi connectivity index (χ0v) is 13.5. The van der Waals surface area contributed by atoms with Crippen LogP contribution in [0.4, 0.5) is 0 Å². The molecule has 1 amide bonds. The number of thiazole rings is 1. The highest BCUT2D eigenvalue weighted by Gasteiger charge is 2.22. The SMILES string of the molecule is Cc1ncsc1C(=O)NC1CCN(Cc2cccnc2)CC1. The number of amides is 1. The topological polar surface area (TPSA) is 58.1 Å². The van der Waals surface area contributed by atoms with Crippen molar-refractivity contribution in [1.29, 1.82) is 0 Å². The smallest absolute Gasteiger partial charge is 0.263 e. The van der Waals surface area contributed by atoms with Crippen LogP contribution in [0, 0.1) is 6.92 Å². The maximum absolute atomic E-state index is 12.2. The van der Waals surface area contributed by atoms with Gasteiger partial charge in [0.05, 0.1) is 11.2 Å². The molecule has 1 aliphatic heterocycles. The number of likely N-dealkylation sites (tertiary alicyclic amines) is 1. The lowest BCUT2D eigenvalue weighted by atomic mass is 10.0. The Balaban J connectivity index is 1.48. The van der Waals surface area contributed by atoms with Crippen molar-refractivity contribution in [3.63, 3.8) is 0 Å². The molecule has 0 aromatic carbocycles. The maximum atomic E-state index is 12.2. The first-order chi connectivity index (χ1) is 10.7. The third-order valence-electron chi connectivity index (χ3n) is 4.00. The van der Waals surface area contributed by atoms with Crippen LogP contribution in [0.15, 0.2) is 30.0 Å². The Morgan fingerprint density at radius 3 is 2.91 bits per heavy atom. The van der Waals surface area contributed by atoms with Crippen molar-refractivity contribution in [1.82, 2.24) is 20.2 Å². The Kier molecular flexibility index (Phi) is 4.80. The average Bonchev–Trinajstić information content (AvgIpc) is 2.96. The van der Waals surface area contributed by atoms with Crippen LogP contribution in [0.2, 0.25) is 0 Å². The predicted octanol–water partition coefficient (Wildman–Crippen LogP) is 2.24. The van der Waals surface area contributed by atoms with E-state index in [1.807, 2.05) is 19.2 Å². The van der Waals surface area contributed by atoms with Crippen LogP contribution in [0.3, 0.4) is 0 Å². The molecule has 0 bridgehead atoms. The van der Waals surface area contributed by atoms with Crippen molar-refractivity contribution in [2.45, 2.75) is 32.4 Å². The molecule has 3 heterocycles. The lowest BCUT2D eigenvalue weighted by Crippen LogP contribution is -2.44. The Morgan fingerprint density at radius 1 is 1.45 bits per heavy atom. The van der Waals surface area contributed by atoms with Gasteiger partial charge in [-0.25, -0.2) is 4.98 Å². The lowest BCUT2D eigenvalue weighted by Gasteiger charge is -2.32. The van der Waals surface area contributed by atoms with Gasteiger partial charge in [0.15, 0.2) is 0 Å². The first kappa shape index (κ1) is 15.1. The molecule has 2 aromatic rings. The van der Waals surface area contributed by atoms with Crippen LogP contribution >= 0.6 is 11.3 Å². The largest absolute Gasteiger partial charge is 0.348 e. The zero-order valence-electron chi connectivity index (χ0n) is 12.7. The summed E-state index contributed by atoms with van der Waals surface area (Å²) < 4.78 is 0. The molecular formula is C16H20N4OS. The maximum Gasteiger partial charge on any atom is 0.263 e. The third-order valence-corrected chi connectivity index (χ3v) is 4.93. The van der Waals surface area contributed by atoms with E-state index in [0.717, 1.165) is 43.0 Å². The van der Waals surface area contributed by atoms with Crippen LogP contribution in [-0.2, 0) is 6.54 Å². The summed E-state index contributed by atoms with van der Waals surface area (Å²) in [6.07, 6.45) is 5.70. The van der Waals surface area contributed by atoms with E-state index < -0.39 is 0 Å². The lowest BCUT2D eigenvalue weighted by molar-refractivity contribution is 0.0912. The van der Waals surface area contributed by atoms with Gasteiger partial charge in [0.1, 0.15) is 4.88 Å². The van der Waals surface area contributed by atoms with Crippen molar-refractivity contribution in [2.24, 2.45) is 0 Å². The first-order valence-corrected chi connectivity index (χ1v) is 8.42. The summed E-state index contributed by atoms with van der Waals surface area (Å²) in [5.41, 5.74) is 3.78. The van der Waals surface area contributed by atoms with Crippen LogP contribution < -0.4 is 5.32 Å². The number of rotatable bonds is 4. The molecule has 0 aliphatic carbocycles. The molecule has 2 aromatic heterocycles. The molecule has 3 rings (SSSR count). The third kappa shape index (κ3) is 3.69. The molecule has 0 unspecified atom stereocenters. The van der Waals surface area contributed by atoms with Crippen LogP contribution in [-0.4, -0.2) is 39.9 Å². The van der Waals surface area contributed by atoms with Crippen molar-refractivity contribution < 1.29 is 4.79 Å². The fraction of sp³-hybridized carbons (Fsp3) is 0.438. The fourth-order valence-corrected chi connectivity index (χ4v) is 3.46. The fourth-order valence-electron chi connectivity index (χ4n) is 2.76. The summed E-state index contributed by atoms with van der Waals surface area (Å²) in [5.74, 6) is 0.0192. The number of aryl methyl sites for hydroxylation is 1. The van der Waals surface area contributed by atoms with Gasteiger partial charge in [-0.05, 0) is 31.4 Å². The summed E-state index contributed by atoms with van der Waals surface area (Å²) in [7, 11) is 0. The molecule has 0 radical (unpaired) electrons. The van der Waals surface area contributed by atoms with Gasteiger partial charge in [-0.2, -0.15) is 0 Å². The monoisotopic (exact) mass is 316 g/mol. The number of hydrogen-bond donors (Lipinski definition) is 1. The number of pyridine rings is 1. The molecule has 1 N–H and O–H groups in total. The van der Waals surface area contributed by atoms with E-state index in [9.17, 15) is 4.79 Å². The molecule has 0 atom stereocenters. The van der Waals surface area contributed by atoms with Gasteiger partial charge in [0, 0.05) is 38.1 Å². The predicted molar refractivity (Wildman–Crippen MR) is 86.9 cm³/mol. The van der Waals surface area contributed by atoms with Gasteiger partial charge < -0.3 is 5.32 Å². The normalized spacial score (nSPS) is 16.6. The zero-order chi connectivity index (χ0) is 15.4. The van der Waals surface area contributed by atoms with E-state index in [-0.39, 0.29) is 11.9 Å². The average molecular weight is 316 g/mol. The molecule has 6 heteroatoms. The van der Waals surface area contributed by atoms with Crippen LogP contribution in [0.25, 0.3) is 0 Å². The van der Waals surface area contributed by atoms with Crippen LogP contribution in [0.1, 0.15) is 33.8 Å². The van der Waals surface area contributed by atoms with E-state index in [1.165, 1.54) is 16.9 Å². The minimum absolute atomic E-state index is 0.0192. The highest BCUT2D eigenvalue weighted by Crippen LogP contribution is 2.16. The molecule has 1 fully saturated rings. The standard InChI is InChI=1S/C16H20N4OS/c1-12-15(22-11-18-12)16(21)19-14-4-7-20(8-5-14)10-13-3-2-6-17-9-13/h2-3,6,9,11,14H,4-5,7-8,10H2,1H3,(H,19,21). The quantitative estimate of drug-likeness (QED) is 0.940. The molecule has 116 valence electrons. The Bertz CT molecular complexity index is 620. The van der Waals surface area contributed by atoms with Crippen molar-refractivity contribution in [2.75, 3.05) is 13.1 Å². The molecule has 1 aliphatic rings. The van der Waals surface area contributed by atoms with Crippen LogP contribution in [0.5, 0.6) is 0 Å². The second-order valence-corrected chi connectivity index (χ2v) is 6.51. The number of carbonyl (C=O) groups is 1. The highest BCUT2D eigenvalue weighted by atomic mass is 32.1. The van der Waals surface area contributed by atoms with Crippen molar-refractivity contribution in [3.05, 3.63) is 46.2 Å². The van der Waals surface area contributed by atoms with E-state index in [0.29, 0.717) is 0 Å².